The first-order valence-electron chi connectivity index (χ1n) is 10.6. The molecular weight excluding hydrogens is 465 g/mol. The molecule has 2 aromatic carbocycles. The fourth-order valence-electron chi connectivity index (χ4n) is 3.71. The van der Waals surface area contributed by atoms with Gasteiger partial charge in [-0.2, -0.15) is 0 Å². The van der Waals surface area contributed by atoms with Crippen LogP contribution in [0.25, 0.3) is 0 Å². The van der Waals surface area contributed by atoms with E-state index in [0.717, 1.165) is 24.4 Å². The van der Waals surface area contributed by atoms with Crippen molar-refractivity contribution in [3.63, 3.8) is 0 Å². The summed E-state index contributed by atoms with van der Waals surface area (Å²) in [6, 6.07) is 12.8. The first-order valence-corrected chi connectivity index (χ1v) is 11.4. The minimum Gasteiger partial charge on any atom is -0.497 e. The van der Waals surface area contributed by atoms with Crippen molar-refractivity contribution in [3.05, 3.63) is 75.1 Å². The van der Waals surface area contributed by atoms with Crippen molar-refractivity contribution in [2.24, 2.45) is 0 Å². The third-order valence-corrected chi connectivity index (χ3v) is 6.29. The Morgan fingerprint density at radius 2 is 1.76 bits per heavy atom. The van der Waals surface area contributed by atoms with Gasteiger partial charge in [-0.3, -0.25) is 9.69 Å². The van der Waals surface area contributed by atoms with Gasteiger partial charge in [0.15, 0.2) is 5.69 Å². The molecule has 0 unspecified atom stereocenters. The standard InChI is InChI=1S/C24H25Cl2N3O4/c1-16-21(15-32-20-7-5-19(31-2)6-8-20)23(27-33-16)24(30)29-11-9-28(10-12-29)14-17-3-4-18(25)13-22(17)26/h3-8,13H,9-12,14-15H2,1-2H3. The maximum atomic E-state index is 13.2. The molecule has 0 bridgehead atoms. The van der Waals surface area contributed by atoms with E-state index in [-0.39, 0.29) is 12.5 Å². The first-order chi connectivity index (χ1) is 15.9. The number of rotatable bonds is 7. The van der Waals surface area contributed by atoms with E-state index in [1.165, 1.54) is 0 Å². The number of halogens is 2. The number of hydrogen-bond acceptors (Lipinski definition) is 6. The van der Waals surface area contributed by atoms with E-state index >= 15 is 0 Å². The molecule has 4 rings (SSSR count). The topological polar surface area (TPSA) is 68.0 Å². The van der Waals surface area contributed by atoms with E-state index in [4.69, 9.17) is 37.2 Å². The normalized spacial score (nSPS) is 14.4. The molecular formula is C24H25Cl2N3O4. The van der Waals surface area contributed by atoms with E-state index in [2.05, 4.69) is 10.1 Å². The van der Waals surface area contributed by atoms with E-state index < -0.39 is 0 Å². The SMILES string of the molecule is COc1ccc(OCc2c(C(=O)N3CCN(Cc4ccc(Cl)cc4Cl)CC3)noc2C)cc1. The summed E-state index contributed by atoms with van der Waals surface area (Å²) in [4.78, 5) is 17.2. The lowest BCUT2D eigenvalue weighted by Gasteiger charge is -2.34. The molecule has 0 N–H and O–H groups in total. The molecule has 1 fully saturated rings. The summed E-state index contributed by atoms with van der Waals surface area (Å²) in [6.07, 6.45) is 0. The second kappa shape index (κ2) is 10.5. The molecule has 0 spiro atoms. The van der Waals surface area contributed by atoms with Crippen LogP contribution in [0.4, 0.5) is 0 Å². The Morgan fingerprint density at radius 1 is 1.06 bits per heavy atom. The molecule has 0 atom stereocenters. The van der Waals surface area contributed by atoms with E-state index in [0.29, 0.717) is 52.4 Å². The van der Waals surface area contributed by atoms with Crippen LogP contribution in [0.5, 0.6) is 11.5 Å². The average Bonchev–Trinajstić information content (AvgIpc) is 3.20. The zero-order chi connectivity index (χ0) is 23.4. The Hall–Kier alpha value is -2.74. The van der Waals surface area contributed by atoms with Crippen molar-refractivity contribution in [2.45, 2.75) is 20.1 Å². The Bertz CT molecular complexity index is 1110. The van der Waals surface area contributed by atoms with Gasteiger partial charge in [0.2, 0.25) is 0 Å². The van der Waals surface area contributed by atoms with Crippen LogP contribution in [0.2, 0.25) is 10.0 Å². The largest absolute Gasteiger partial charge is 0.497 e. The van der Waals surface area contributed by atoms with Crippen LogP contribution >= 0.6 is 23.2 Å². The van der Waals surface area contributed by atoms with Crippen molar-refractivity contribution in [1.82, 2.24) is 15.0 Å². The van der Waals surface area contributed by atoms with Crippen LogP contribution in [0.3, 0.4) is 0 Å². The van der Waals surface area contributed by atoms with Gasteiger partial charge < -0.3 is 18.9 Å². The lowest BCUT2D eigenvalue weighted by atomic mass is 10.1. The third kappa shape index (κ3) is 5.61. The Balaban J connectivity index is 1.35. The summed E-state index contributed by atoms with van der Waals surface area (Å²) in [5.41, 5.74) is 1.98. The molecule has 1 aromatic heterocycles. The first kappa shape index (κ1) is 23.4. The third-order valence-electron chi connectivity index (χ3n) is 5.70. The van der Waals surface area contributed by atoms with Crippen molar-refractivity contribution < 1.29 is 18.8 Å². The quantitative estimate of drug-likeness (QED) is 0.473. The van der Waals surface area contributed by atoms with Gasteiger partial charge in [-0.1, -0.05) is 34.4 Å². The molecule has 9 heteroatoms. The van der Waals surface area contributed by atoms with Gasteiger partial charge in [-0.25, -0.2) is 0 Å². The van der Waals surface area contributed by atoms with E-state index in [9.17, 15) is 4.79 Å². The predicted molar refractivity (Wildman–Crippen MR) is 126 cm³/mol. The summed E-state index contributed by atoms with van der Waals surface area (Å²) < 4.78 is 16.3. The molecule has 0 aliphatic carbocycles. The summed E-state index contributed by atoms with van der Waals surface area (Å²) in [6.45, 7) is 5.34. The Morgan fingerprint density at radius 3 is 2.42 bits per heavy atom. The van der Waals surface area contributed by atoms with Gasteiger partial charge >= 0.3 is 0 Å². The van der Waals surface area contributed by atoms with Crippen LogP contribution in [-0.4, -0.2) is 54.2 Å². The number of carbonyl (C=O) groups is 1. The number of aryl methyl sites for hydroxylation is 1. The fraction of sp³-hybridized carbons (Fsp3) is 0.333. The highest BCUT2D eigenvalue weighted by Gasteiger charge is 2.28. The summed E-state index contributed by atoms with van der Waals surface area (Å²) in [5.74, 6) is 1.84. The van der Waals surface area contributed by atoms with Gasteiger partial charge in [-0.15, -0.1) is 0 Å². The van der Waals surface area contributed by atoms with Gasteiger partial charge in [0.25, 0.3) is 5.91 Å². The van der Waals surface area contributed by atoms with E-state index in [1.807, 2.05) is 36.4 Å². The highest BCUT2D eigenvalue weighted by Crippen LogP contribution is 2.24. The van der Waals surface area contributed by atoms with Gasteiger partial charge in [0.05, 0.1) is 12.7 Å². The number of carbonyl (C=O) groups excluding carboxylic acids is 1. The zero-order valence-electron chi connectivity index (χ0n) is 18.5. The van der Waals surface area contributed by atoms with Gasteiger partial charge in [0, 0.05) is 42.8 Å². The minimum atomic E-state index is -0.149. The van der Waals surface area contributed by atoms with Crippen molar-refractivity contribution in [3.8, 4) is 11.5 Å². The molecule has 1 aliphatic heterocycles. The molecule has 0 saturated carbocycles. The van der Waals surface area contributed by atoms with Crippen molar-refractivity contribution >= 4 is 29.1 Å². The fourth-order valence-corrected chi connectivity index (χ4v) is 4.17. The number of amides is 1. The lowest BCUT2D eigenvalue weighted by molar-refractivity contribution is 0.0616. The Kier molecular flexibility index (Phi) is 7.42. The predicted octanol–water partition coefficient (Wildman–Crippen LogP) is 4.84. The van der Waals surface area contributed by atoms with Crippen LogP contribution in [-0.2, 0) is 13.2 Å². The number of nitrogens with zero attached hydrogens (tertiary/aromatic N) is 3. The number of piperazine rings is 1. The lowest BCUT2D eigenvalue weighted by Crippen LogP contribution is -2.48. The van der Waals surface area contributed by atoms with Crippen LogP contribution in [0, 0.1) is 6.92 Å². The molecule has 3 aromatic rings. The molecule has 33 heavy (non-hydrogen) atoms. The molecule has 2 heterocycles. The molecule has 0 radical (unpaired) electrons. The number of benzene rings is 2. The molecule has 7 nitrogen and oxygen atoms in total. The highest BCUT2D eigenvalue weighted by atomic mass is 35.5. The zero-order valence-corrected chi connectivity index (χ0v) is 20.0. The van der Waals surface area contributed by atoms with Crippen LogP contribution < -0.4 is 9.47 Å². The number of hydrogen-bond donors (Lipinski definition) is 0. The summed E-state index contributed by atoms with van der Waals surface area (Å²) >= 11 is 12.3. The minimum absolute atomic E-state index is 0.149. The van der Waals surface area contributed by atoms with Gasteiger partial charge in [-0.05, 0) is 48.9 Å². The number of ether oxygens (including phenoxy) is 2. The molecule has 1 amide bonds. The van der Waals surface area contributed by atoms with Crippen LogP contribution in [0.1, 0.15) is 27.4 Å². The van der Waals surface area contributed by atoms with Crippen LogP contribution in [0.15, 0.2) is 47.0 Å². The smallest absolute Gasteiger partial charge is 0.276 e. The highest BCUT2D eigenvalue weighted by molar-refractivity contribution is 6.35. The maximum Gasteiger partial charge on any atom is 0.276 e. The summed E-state index contributed by atoms with van der Waals surface area (Å²) in [7, 11) is 1.61. The van der Waals surface area contributed by atoms with Crippen molar-refractivity contribution in [2.75, 3.05) is 33.3 Å². The number of aromatic nitrogens is 1. The number of methoxy groups -OCH3 is 1. The maximum absolute atomic E-state index is 13.2. The Labute approximate surface area is 202 Å². The monoisotopic (exact) mass is 489 g/mol. The summed E-state index contributed by atoms with van der Waals surface area (Å²) in [5, 5.41) is 5.30. The average molecular weight is 490 g/mol. The molecule has 1 saturated heterocycles. The van der Waals surface area contributed by atoms with E-state index in [1.54, 1.807) is 25.0 Å². The molecule has 1 aliphatic rings. The van der Waals surface area contributed by atoms with Gasteiger partial charge in [0.1, 0.15) is 23.9 Å². The molecule has 174 valence electrons. The second-order valence-corrected chi connectivity index (χ2v) is 8.68. The second-order valence-electron chi connectivity index (χ2n) is 7.83. The van der Waals surface area contributed by atoms with Crippen molar-refractivity contribution in [1.29, 1.82) is 0 Å².